The fourth-order valence-corrected chi connectivity index (χ4v) is 5.06. The zero-order valence-corrected chi connectivity index (χ0v) is 16.9. The normalized spacial score (nSPS) is 16.9. The lowest BCUT2D eigenvalue weighted by Crippen LogP contribution is -2.30. The van der Waals surface area contributed by atoms with E-state index in [2.05, 4.69) is 9.97 Å². The molecule has 0 bridgehead atoms. The molecule has 4 rings (SSSR count). The Bertz CT molecular complexity index is 1070. The van der Waals surface area contributed by atoms with Gasteiger partial charge in [-0.1, -0.05) is 12.1 Å². The van der Waals surface area contributed by atoms with Crippen LogP contribution < -0.4 is 0 Å². The Hall–Kier alpha value is -2.84. The molecule has 0 unspecified atom stereocenters. The first kappa shape index (κ1) is 18.5. The molecule has 142 valence electrons. The molecule has 1 aliphatic rings. The van der Waals surface area contributed by atoms with Gasteiger partial charge < -0.3 is 10.0 Å². The number of Topliss-reactive ketones (excluding diaryl/α,β-unsaturated/α-hetero) is 1. The van der Waals surface area contributed by atoms with E-state index >= 15 is 0 Å². The van der Waals surface area contributed by atoms with E-state index in [0.29, 0.717) is 10.6 Å². The number of nitrogens with zero attached hydrogens (tertiary/aromatic N) is 3. The van der Waals surface area contributed by atoms with Gasteiger partial charge in [0.2, 0.25) is 5.78 Å². The van der Waals surface area contributed by atoms with Crippen molar-refractivity contribution in [1.82, 2.24) is 14.9 Å². The summed E-state index contributed by atoms with van der Waals surface area (Å²) in [6.45, 7) is 3.84. The number of thiophene rings is 1. The fourth-order valence-electron chi connectivity index (χ4n) is 3.34. The van der Waals surface area contributed by atoms with Gasteiger partial charge in [0, 0.05) is 23.8 Å². The van der Waals surface area contributed by atoms with Crippen LogP contribution in [0.1, 0.15) is 36.9 Å². The van der Waals surface area contributed by atoms with Crippen LogP contribution in [0.3, 0.4) is 0 Å². The summed E-state index contributed by atoms with van der Waals surface area (Å²) in [4.78, 5) is 37.4. The van der Waals surface area contributed by atoms with Crippen molar-refractivity contribution in [2.75, 3.05) is 0 Å². The minimum Gasteiger partial charge on any atom is -0.503 e. The molecular formula is C20H17N3O3S2. The smallest absolute Gasteiger partial charge is 0.290 e. The third kappa shape index (κ3) is 3.14. The number of thiazole rings is 1. The number of hydrogen-bond acceptors (Lipinski definition) is 7. The maximum Gasteiger partial charge on any atom is 0.290 e. The largest absolute Gasteiger partial charge is 0.503 e. The van der Waals surface area contributed by atoms with E-state index in [1.807, 2.05) is 30.5 Å². The molecule has 0 saturated carbocycles. The van der Waals surface area contributed by atoms with Crippen LogP contribution >= 0.6 is 22.7 Å². The minimum absolute atomic E-state index is 0.114. The Labute approximate surface area is 169 Å². The minimum atomic E-state index is -0.637. The number of aryl methyl sites for hydroxylation is 2. The van der Waals surface area contributed by atoms with E-state index in [9.17, 15) is 14.7 Å². The molecule has 6 nitrogen and oxygen atoms in total. The van der Waals surface area contributed by atoms with Gasteiger partial charge in [-0.05, 0) is 36.9 Å². The number of carbonyl (C=O) groups is 2. The Balaban J connectivity index is 1.78. The highest BCUT2D eigenvalue weighted by Gasteiger charge is 2.44. The van der Waals surface area contributed by atoms with Gasteiger partial charge in [-0.2, -0.15) is 0 Å². The first-order valence-corrected chi connectivity index (χ1v) is 10.3. The molecule has 1 atom stereocenters. The molecule has 1 aliphatic heterocycles. The Morgan fingerprint density at radius 2 is 2.11 bits per heavy atom. The quantitative estimate of drug-likeness (QED) is 0.642. The summed E-state index contributed by atoms with van der Waals surface area (Å²) in [5.74, 6) is -1.39. The predicted octanol–water partition coefficient (Wildman–Crippen LogP) is 3.99. The first-order chi connectivity index (χ1) is 13.5. The van der Waals surface area contributed by atoms with Gasteiger partial charge in [0.25, 0.3) is 5.91 Å². The SMILES string of the molecule is Cc1nc(C)c(C(=O)C2=C(O)C(=O)N(Cc3cccnc3)[C@H]2c2cccs2)s1. The van der Waals surface area contributed by atoms with Crippen LogP contribution in [0.5, 0.6) is 0 Å². The van der Waals surface area contributed by atoms with Gasteiger partial charge in [-0.3, -0.25) is 14.6 Å². The number of rotatable bonds is 5. The highest BCUT2D eigenvalue weighted by atomic mass is 32.1. The molecule has 1 amide bonds. The topological polar surface area (TPSA) is 83.4 Å². The fraction of sp³-hybridized carbons (Fsp3) is 0.200. The molecule has 0 spiro atoms. The van der Waals surface area contributed by atoms with E-state index in [4.69, 9.17) is 0 Å². The summed E-state index contributed by atoms with van der Waals surface area (Å²) in [5, 5.41) is 13.3. The Morgan fingerprint density at radius 1 is 1.29 bits per heavy atom. The van der Waals surface area contributed by atoms with Crippen molar-refractivity contribution in [3.05, 3.63) is 79.4 Å². The van der Waals surface area contributed by atoms with Gasteiger partial charge in [-0.25, -0.2) is 4.98 Å². The van der Waals surface area contributed by atoms with Gasteiger partial charge >= 0.3 is 0 Å². The Kier molecular flexibility index (Phi) is 4.82. The number of aliphatic hydroxyl groups excluding tert-OH is 1. The second-order valence-electron chi connectivity index (χ2n) is 6.45. The molecule has 28 heavy (non-hydrogen) atoms. The molecule has 3 aromatic rings. The van der Waals surface area contributed by atoms with Gasteiger partial charge in [0.15, 0.2) is 5.76 Å². The van der Waals surface area contributed by atoms with E-state index in [-0.39, 0.29) is 17.9 Å². The number of aromatic nitrogens is 2. The van der Waals surface area contributed by atoms with E-state index in [1.54, 1.807) is 25.4 Å². The third-order valence-corrected chi connectivity index (χ3v) is 6.54. The van der Waals surface area contributed by atoms with Gasteiger partial charge in [-0.15, -0.1) is 22.7 Å². The Morgan fingerprint density at radius 3 is 2.71 bits per heavy atom. The summed E-state index contributed by atoms with van der Waals surface area (Å²) in [6.07, 6.45) is 3.33. The van der Waals surface area contributed by atoms with Crippen LogP contribution in [0.4, 0.5) is 0 Å². The first-order valence-electron chi connectivity index (χ1n) is 8.62. The number of carbonyl (C=O) groups excluding carboxylic acids is 2. The summed E-state index contributed by atoms with van der Waals surface area (Å²) in [7, 11) is 0. The summed E-state index contributed by atoms with van der Waals surface area (Å²) in [5.41, 5.74) is 1.54. The molecule has 1 N–H and O–H groups in total. The van der Waals surface area contributed by atoms with Crippen molar-refractivity contribution >= 4 is 34.4 Å². The average Bonchev–Trinajstić information content (AvgIpc) is 3.37. The second kappa shape index (κ2) is 7.29. The van der Waals surface area contributed by atoms with Crippen molar-refractivity contribution in [3.63, 3.8) is 0 Å². The molecule has 8 heteroatoms. The lowest BCUT2D eigenvalue weighted by molar-refractivity contribution is -0.130. The molecule has 0 aromatic carbocycles. The van der Waals surface area contributed by atoms with E-state index in [1.165, 1.54) is 27.6 Å². The van der Waals surface area contributed by atoms with Crippen LogP contribution in [-0.2, 0) is 11.3 Å². The number of pyridine rings is 1. The zero-order valence-electron chi connectivity index (χ0n) is 15.2. The van der Waals surface area contributed by atoms with Crippen molar-refractivity contribution in [2.45, 2.75) is 26.4 Å². The molecule has 4 heterocycles. The second-order valence-corrected chi connectivity index (χ2v) is 8.63. The van der Waals surface area contributed by atoms with Crippen molar-refractivity contribution in [1.29, 1.82) is 0 Å². The summed E-state index contributed by atoms with van der Waals surface area (Å²) < 4.78 is 0. The van der Waals surface area contributed by atoms with E-state index in [0.717, 1.165) is 15.4 Å². The predicted molar refractivity (Wildman–Crippen MR) is 107 cm³/mol. The van der Waals surface area contributed by atoms with Crippen molar-refractivity contribution in [3.8, 4) is 0 Å². The monoisotopic (exact) mass is 411 g/mol. The van der Waals surface area contributed by atoms with Gasteiger partial charge in [0.1, 0.15) is 6.04 Å². The summed E-state index contributed by atoms with van der Waals surface area (Å²) in [6, 6.07) is 6.75. The highest BCUT2D eigenvalue weighted by Crippen LogP contribution is 2.42. The van der Waals surface area contributed by atoms with Crippen LogP contribution in [0.2, 0.25) is 0 Å². The number of ketones is 1. The lowest BCUT2D eigenvalue weighted by Gasteiger charge is -2.25. The third-order valence-electron chi connectivity index (χ3n) is 4.55. The molecule has 0 radical (unpaired) electrons. The standard InChI is InChI=1S/C20H17N3O3S2/c1-11-19(28-12(2)22-11)17(24)15-16(14-6-4-8-27-14)23(20(26)18(15)25)10-13-5-3-7-21-9-13/h3-9,16,25H,10H2,1-2H3/t16-/m0/s1. The highest BCUT2D eigenvalue weighted by molar-refractivity contribution is 7.14. The van der Waals surface area contributed by atoms with Crippen LogP contribution in [0.15, 0.2) is 53.4 Å². The molecule has 0 aliphatic carbocycles. The zero-order chi connectivity index (χ0) is 19.8. The molecule has 3 aromatic heterocycles. The van der Waals surface area contributed by atoms with Crippen LogP contribution in [0, 0.1) is 13.8 Å². The van der Waals surface area contributed by atoms with Crippen LogP contribution in [-0.4, -0.2) is 31.7 Å². The van der Waals surface area contributed by atoms with Crippen molar-refractivity contribution in [2.24, 2.45) is 0 Å². The van der Waals surface area contributed by atoms with Crippen molar-refractivity contribution < 1.29 is 14.7 Å². The number of hydrogen-bond donors (Lipinski definition) is 1. The maximum atomic E-state index is 13.3. The molecule has 0 saturated heterocycles. The summed E-state index contributed by atoms with van der Waals surface area (Å²) >= 11 is 2.72. The van der Waals surface area contributed by atoms with Gasteiger partial charge in [0.05, 0.1) is 21.2 Å². The van der Waals surface area contributed by atoms with E-state index < -0.39 is 17.7 Å². The number of aliphatic hydroxyl groups is 1. The maximum absolute atomic E-state index is 13.3. The van der Waals surface area contributed by atoms with Crippen LogP contribution in [0.25, 0.3) is 0 Å². The molecule has 0 fully saturated rings. The number of amides is 1. The molecular weight excluding hydrogens is 394 g/mol. The lowest BCUT2D eigenvalue weighted by atomic mass is 10.00. The average molecular weight is 412 g/mol.